The Kier molecular flexibility index (Phi) is 8.69. The average Bonchev–Trinajstić information content (AvgIpc) is 2.90. The zero-order valence-electron chi connectivity index (χ0n) is 23.6. The Labute approximate surface area is 271 Å². The predicted octanol–water partition coefficient (Wildman–Crippen LogP) is 10.2. The average molecular weight is 657 g/mol. The number of rotatable bonds is 5. The van der Waals surface area contributed by atoms with E-state index in [0.29, 0.717) is 55.5 Å². The van der Waals surface area contributed by atoms with Gasteiger partial charge in [-0.25, -0.2) is 0 Å². The summed E-state index contributed by atoms with van der Waals surface area (Å²) in [5.74, 6) is 0.297. The summed E-state index contributed by atoms with van der Waals surface area (Å²) in [4.78, 5) is 16.7. The second-order valence-electron chi connectivity index (χ2n) is 11.6. The zero-order valence-corrected chi connectivity index (χ0v) is 27.5. The number of allylic oxidation sites excluding steroid dienone is 3. The number of hydrogen-bond acceptors (Lipinski definition) is 5. The SMILES string of the molecule is Cc1cc(CSc2cc(Cl)ccc2Cl)c(C)c(C2C(C#N)=C(N)N(c3ccc(Cl)cc3Cl)C3=C2C(=O)CC(C)(C)C3)c1. The number of benzene rings is 3. The van der Waals surface area contributed by atoms with Gasteiger partial charge in [0, 0.05) is 38.4 Å². The molecule has 0 radical (unpaired) electrons. The van der Waals surface area contributed by atoms with Crippen LogP contribution in [0.1, 0.15) is 54.9 Å². The van der Waals surface area contributed by atoms with Gasteiger partial charge in [-0.05, 0) is 78.8 Å². The lowest BCUT2D eigenvalue weighted by Gasteiger charge is -2.44. The van der Waals surface area contributed by atoms with Crippen molar-refractivity contribution < 1.29 is 4.79 Å². The molecule has 1 aliphatic heterocycles. The van der Waals surface area contributed by atoms with Crippen LogP contribution in [0.4, 0.5) is 5.69 Å². The van der Waals surface area contributed by atoms with Crippen LogP contribution in [0.25, 0.3) is 0 Å². The Morgan fingerprint density at radius 1 is 1.00 bits per heavy atom. The molecular weight excluding hydrogens is 628 g/mol. The van der Waals surface area contributed by atoms with Crippen LogP contribution in [0.15, 0.2) is 76.1 Å². The number of nitriles is 1. The summed E-state index contributed by atoms with van der Waals surface area (Å²) in [5.41, 5.74) is 12.8. The minimum atomic E-state index is -0.602. The first-order valence-electron chi connectivity index (χ1n) is 13.4. The van der Waals surface area contributed by atoms with Crippen LogP contribution in [-0.2, 0) is 10.5 Å². The second kappa shape index (κ2) is 11.8. The maximum absolute atomic E-state index is 14.0. The first-order chi connectivity index (χ1) is 19.8. The molecule has 3 aromatic carbocycles. The van der Waals surface area contributed by atoms with Crippen LogP contribution < -0.4 is 10.6 Å². The van der Waals surface area contributed by atoms with Crippen LogP contribution >= 0.6 is 58.2 Å². The molecule has 1 heterocycles. The van der Waals surface area contributed by atoms with Crippen molar-refractivity contribution in [3.05, 3.63) is 114 Å². The van der Waals surface area contributed by atoms with Crippen LogP contribution in [0, 0.1) is 30.6 Å². The highest BCUT2D eigenvalue weighted by Crippen LogP contribution is 2.52. The van der Waals surface area contributed by atoms with E-state index in [1.807, 2.05) is 19.9 Å². The molecular formula is C33H29Cl4N3OS. The molecule has 1 unspecified atom stereocenters. The van der Waals surface area contributed by atoms with E-state index in [9.17, 15) is 10.1 Å². The standard InChI is InChI=1S/C33H29Cl4N3OS/c1-17-9-19(16-42-29-12-21(35)5-7-24(29)36)18(2)22(10-17)30-23(15-38)32(39)40(26-8-6-20(34)11-25(26)37)27-13-33(3,4)14-28(41)31(27)30/h5-12,30H,13-14,16,39H2,1-4H3. The highest BCUT2D eigenvalue weighted by Gasteiger charge is 2.45. The molecule has 0 aromatic heterocycles. The van der Waals surface area contributed by atoms with Crippen molar-refractivity contribution in [2.45, 2.75) is 57.1 Å². The van der Waals surface area contributed by atoms with Crippen molar-refractivity contribution in [3.63, 3.8) is 0 Å². The molecule has 0 amide bonds. The summed E-state index contributed by atoms with van der Waals surface area (Å²) in [6.45, 7) is 8.19. The lowest BCUT2D eigenvalue weighted by Crippen LogP contribution is -2.42. The van der Waals surface area contributed by atoms with Crippen molar-refractivity contribution in [1.29, 1.82) is 5.26 Å². The Balaban J connectivity index is 1.68. The number of aryl methyl sites for hydroxylation is 1. The number of hydrogen-bond donors (Lipinski definition) is 1. The van der Waals surface area contributed by atoms with Gasteiger partial charge in [0.2, 0.25) is 0 Å². The van der Waals surface area contributed by atoms with Gasteiger partial charge in [-0.15, -0.1) is 11.8 Å². The third kappa shape index (κ3) is 5.81. The summed E-state index contributed by atoms with van der Waals surface area (Å²) in [6, 6.07) is 17.1. The summed E-state index contributed by atoms with van der Waals surface area (Å²) < 4.78 is 0. The van der Waals surface area contributed by atoms with E-state index in [0.717, 1.165) is 32.8 Å². The molecule has 2 N–H and O–H groups in total. The van der Waals surface area contributed by atoms with Crippen LogP contribution in [0.3, 0.4) is 0 Å². The van der Waals surface area contributed by atoms with E-state index in [1.165, 1.54) is 0 Å². The molecule has 1 aliphatic carbocycles. The summed E-state index contributed by atoms with van der Waals surface area (Å²) in [6.07, 6.45) is 0.952. The normalized spacial score (nSPS) is 18.3. The third-order valence-corrected chi connectivity index (χ3v) is 10.1. The highest BCUT2D eigenvalue weighted by molar-refractivity contribution is 7.98. The van der Waals surface area contributed by atoms with Crippen LogP contribution in [0.5, 0.6) is 0 Å². The molecule has 1 atom stereocenters. The Hall–Kier alpha value is -2.59. The monoisotopic (exact) mass is 655 g/mol. The number of halogens is 4. The fraction of sp³-hybridized carbons (Fsp3) is 0.273. The number of anilines is 1. The molecule has 216 valence electrons. The summed E-state index contributed by atoms with van der Waals surface area (Å²) in [5, 5.41) is 12.7. The number of carbonyl (C=O) groups is 1. The first kappa shape index (κ1) is 30.9. The number of Topliss-reactive ketones (excluding diaryl/α,β-unsaturated/α-hetero) is 1. The molecule has 5 rings (SSSR count). The van der Waals surface area contributed by atoms with E-state index in [1.54, 1.807) is 47.0 Å². The van der Waals surface area contributed by atoms with E-state index in [2.05, 4.69) is 32.0 Å². The summed E-state index contributed by atoms with van der Waals surface area (Å²) >= 11 is 27.1. The Morgan fingerprint density at radius 3 is 2.38 bits per heavy atom. The lowest BCUT2D eigenvalue weighted by atomic mass is 9.68. The van der Waals surface area contributed by atoms with Gasteiger partial charge in [0.1, 0.15) is 5.82 Å². The van der Waals surface area contributed by atoms with Gasteiger partial charge in [0.05, 0.1) is 33.3 Å². The second-order valence-corrected chi connectivity index (χ2v) is 14.3. The minimum Gasteiger partial charge on any atom is -0.384 e. The van der Waals surface area contributed by atoms with Crippen LogP contribution in [-0.4, -0.2) is 5.78 Å². The molecule has 2 aliphatic rings. The van der Waals surface area contributed by atoms with Crippen LogP contribution in [0.2, 0.25) is 20.1 Å². The number of thioether (sulfide) groups is 1. The van der Waals surface area contributed by atoms with E-state index >= 15 is 0 Å². The van der Waals surface area contributed by atoms with E-state index in [4.69, 9.17) is 52.1 Å². The smallest absolute Gasteiger partial charge is 0.162 e. The molecule has 0 bridgehead atoms. The predicted molar refractivity (Wildman–Crippen MR) is 175 cm³/mol. The molecule has 9 heteroatoms. The van der Waals surface area contributed by atoms with Crippen molar-refractivity contribution in [2.75, 3.05) is 4.90 Å². The number of ketones is 1. The Bertz CT molecular complexity index is 1740. The lowest BCUT2D eigenvalue weighted by molar-refractivity contribution is -0.118. The van der Waals surface area contributed by atoms with Crippen molar-refractivity contribution in [1.82, 2.24) is 0 Å². The zero-order chi connectivity index (χ0) is 30.5. The molecule has 0 saturated heterocycles. The van der Waals surface area contributed by atoms with Crippen molar-refractivity contribution in [3.8, 4) is 6.07 Å². The first-order valence-corrected chi connectivity index (χ1v) is 15.9. The molecule has 0 spiro atoms. The van der Waals surface area contributed by atoms with Gasteiger partial charge in [0.25, 0.3) is 0 Å². The maximum Gasteiger partial charge on any atom is 0.162 e. The van der Waals surface area contributed by atoms with E-state index < -0.39 is 5.92 Å². The molecule has 4 nitrogen and oxygen atoms in total. The number of carbonyl (C=O) groups excluding carboxylic acids is 1. The van der Waals surface area contributed by atoms with Gasteiger partial charge in [-0.3, -0.25) is 9.69 Å². The topological polar surface area (TPSA) is 70.1 Å². The van der Waals surface area contributed by atoms with Gasteiger partial charge in [-0.2, -0.15) is 5.26 Å². The minimum absolute atomic E-state index is 0.00382. The maximum atomic E-state index is 14.0. The van der Waals surface area contributed by atoms with Crippen molar-refractivity contribution >= 4 is 69.6 Å². The van der Waals surface area contributed by atoms with E-state index in [-0.39, 0.29) is 17.0 Å². The third-order valence-electron chi connectivity index (χ3n) is 7.82. The van der Waals surface area contributed by atoms with Gasteiger partial charge < -0.3 is 5.73 Å². The fourth-order valence-electron chi connectivity index (χ4n) is 5.91. The molecule has 0 saturated carbocycles. The van der Waals surface area contributed by atoms with Crippen molar-refractivity contribution in [2.24, 2.45) is 11.1 Å². The largest absolute Gasteiger partial charge is 0.384 e. The van der Waals surface area contributed by atoms with Gasteiger partial charge >= 0.3 is 0 Å². The number of nitrogens with zero attached hydrogens (tertiary/aromatic N) is 2. The van der Waals surface area contributed by atoms with Gasteiger partial charge in [0.15, 0.2) is 5.78 Å². The number of nitrogens with two attached hydrogens (primary N) is 1. The highest BCUT2D eigenvalue weighted by atomic mass is 35.5. The Morgan fingerprint density at radius 2 is 1.69 bits per heavy atom. The molecule has 42 heavy (non-hydrogen) atoms. The summed E-state index contributed by atoms with van der Waals surface area (Å²) in [7, 11) is 0. The molecule has 3 aromatic rings. The van der Waals surface area contributed by atoms with Gasteiger partial charge in [-0.1, -0.05) is 77.9 Å². The quantitative estimate of drug-likeness (QED) is 0.277. The fourth-order valence-corrected chi connectivity index (χ4v) is 7.95. The molecule has 0 fully saturated rings.